The summed E-state index contributed by atoms with van der Waals surface area (Å²) < 4.78 is 54.4. The number of carbonyl (C=O) groups excluding carboxylic acids is 2. The molecule has 3 aromatic carbocycles. The van der Waals surface area contributed by atoms with Crippen molar-refractivity contribution in [1.82, 2.24) is 10.2 Å². The molecule has 0 aromatic heterocycles. The Morgan fingerprint density at radius 2 is 1.65 bits per heavy atom. The number of methoxy groups -OCH3 is 2. The fourth-order valence-electron chi connectivity index (χ4n) is 5.03. The van der Waals surface area contributed by atoms with Crippen molar-refractivity contribution >= 4 is 39.1 Å². The Morgan fingerprint density at radius 3 is 2.28 bits per heavy atom. The molecule has 0 bridgehead atoms. The van der Waals surface area contributed by atoms with Crippen molar-refractivity contribution in [2.75, 3.05) is 25.1 Å². The summed E-state index contributed by atoms with van der Waals surface area (Å²) >= 11 is 6.07. The quantitative estimate of drug-likeness (QED) is 0.296. The van der Waals surface area contributed by atoms with Crippen LogP contribution in [0.25, 0.3) is 0 Å². The van der Waals surface area contributed by atoms with Gasteiger partial charge in [0.15, 0.2) is 11.5 Å². The molecule has 1 atom stereocenters. The first-order valence-electron chi connectivity index (χ1n) is 13.9. The maximum Gasteiger partial charge on any atom is 0.264 e. The molecule has 0 spiro atoms. The molecule has 1 fully saturated rings. The number of carbonyl (C=O) groups is 2. The van der Waals surface area contributed by atoms with Crippen LogP contribution >= 0.6 is 11.6 Å². The van der Waals surface area contributed by atoms with Crippen LogP contribution in [0.2, 0.25) is 5.02 Å². The fraction of sp³-hybridized carbons (Fsp3) is 0.355. The van der Waals surface area contributed by atoms with Crippen LogP contribution in [-0.4, -0.2) is 58.0 Å². The van der Waals surface area contributed by atoms with Crippen molar-refractivity contribution in [3.63, 3.8) is 0 Å². The predicted molar refractivity (Wildman–Crippen MR) is 162 cm³/mol. The Hall–Kier alpha value is -3.83. The summed E-state index contributed by atoms with van der Waals surface area (Å²) in [6.45, 7) is 0.641. The Bertz CT molecular complexity index is 1550. The molecule has 4 rings (SSSR count). The first-order valence-corrected chi connectivity index (χ1v) is 15.7. The highest BCUT2D eigenvalue weighted by Crippen LogP contribution is 2.33. The number of sulfonamides is 1. The van der Waals surface area contributed by atoms with Gasteiger partial charge in [0.25, 0.3) is 10.0 Å². The van der Waals surface area contributed by atoms with Gasteiger partial charge in [-0.25, -0.2) is 12.8 Å². The first kappa shape index (κ1) is 32.1. The molecule has 12 heteroatoms. The van der Waals surface area contributed by atoms with Crippen LogP contribution in [0.5, 0.6) is 11.5 Å². The van der Waals surface area contributed by atoms with E-state index < -0.39 is 40.2 Å². The summed E-state index contributed by atoms with van der Waals surface area (Å²) in [7, 11) is -1.55. The van der Waals surface area contributed by atoms with Crippen molar-refractivity contribution in [2.45, 2.75) is 56.1 Å². The lowest BCUT2D eigenvalue weighted by Gasteiger charge is -2.32. The maximum atomic E-state index is 14.7. The zero-order chi connectivity index (χ0) is 31.1. The highest BCUT2D eigenvalue weighted by molar-refractivity contribution is 7.92. The SMILES string of the molecule is COc1ccc(S(=O)(=O)N(CC(=O)N(Cc2ccccc2F)[C@H](C)C(=O)NC2CCCC2)c2ccc(Cl)cc2)cc1OC. The van der Waals surface area contributed by atoms with Crippen LogP contribution in [0.1, 0.15) is 38.2 Å². The molecule has 43 heavy (non-hydrogen) atoms. The molecule has 0 heterocycles. The topological polar surface area (TPSA) is 105 Å². The van der Waals surface area contributed by atoms with Gasteiger partial charge in [-0.1, -0.05) is 42.6 Å². The third kappa shape index (κ3) is 7.58. The predicted octanol–water partition coefficient (Wildman–Crippen LogP) is 5.17. The molecule has 2 amide bonds. The van der Waals surface area contributed by atoms with E-state index in [2.05, 4.69) is 5.32 Å². The number of rotatable bonds is 12. The Kier molecular flexibility index (Phi) is 10.5. The zero-order valence-corrected chi connectivity index (χ0v) is 25.8. The molecule has 0 unspecified atom stereocenters. The van der Waals surface area contributed by atoms with E-state index in [1.54, 1.807) is 13.0 Å². The van der Waals surface area contributed by atoms with Crippen molar-refractivity contribution in [2.24, 2.45) is 0 Å². The molecule has 1 aliphatic rings. The molecule has 1 N–H and O–H groups in total. The molecule has 9 nitrogen and oxygen atoms in total. The second-order valence-corrected chi connectivity index (χ2v) is 12.6. The number of hydrogen-bond donors (Lipinski definition) is 1. The molecule has 0 radical (unpaired) electrons. The third-order valence-electron chi connectivity index (χ3n) is 7.50. The Balaban J connectivity index is 1.72. The van der Waals surface area contributed by atoms with E-state index in [1.807, 2.05) is 0 Å². The van der Waals surface area contributed by atoms with Gasteiger partial charge in [-0.3, -0.25) is 13.9 Å². The summed E-state index contributed by atoms with van der Waals surface area (Å²) in [6, 6.07) is 15.0. The second kappa shape index (κ2) is 14.1. The highest BCUT2D eigenvalue weighted by atomic mass is 35.5. The molecule has 1 saturated carbocycles. The van der Waals surface area contributed by atoms with Crippen molar-refractivity contribution < 1.29 is 31.9 Å². The highest BCUT2D eigenvalue weighted by Gasteiger charge is 2.34. The van der Waals surface area contributed by atoms with E-state index in [0.717, 1.165) is 30.0 Å². The van der Waals surface area contributed by atoms with E-state index in [9.17, 15) is 22.4 Å². The van der Waals surface area contributed by atoms with Gasteiger partial charge in [-0.15, -0.1) is 0 Å². The minimum Gasteiger partial charge on any atom is -0.493 e. The average Bonchev–Trinajstić information content (AvgIpc) is 3.52. The zero-order valence-electron chi connectivity index (χ0n) is 24.3. The van der Waals surface area contributed by atoms with E-state index in [-0.39, 0.29) is 34.5 Å². The monoisotopic (exact) mass is 631 g/mol. The number of nitrogens with one attached hydrogen (secondary N) is 1. The summed E-state index contributed by atoms with van der Waals surface area (Å²) in [5.41, 5.74) is 0.360. The summed E-state index contributed by atoms with van der Waals surface area (Å²) in [5.74, 6) is -1.12. The van der Waals surface area contributed by atoms with Crippen LogP contribution in [-0.2, 0) is 26.2 Å². The third-order valence-corrected chi connectivity index (χ3v) is 9.53. The van der Waals surface area contributed by atoms with Crippen molar-refractivity contribution in [1.29, 1.82) is 0 Å². The lowest BCUT2D eigenvalue weighted by atomic mass is 10.1. The molecular formula is C31H35ClFN3O6S. The number of halogens is 2. The second-order valence-electron chi connectivity index (χ2n) is 10.3. The van der Waals surface area contributed by atoms with Gasteiger partial charge in [0.2, 0.25) is 11.8 Å². The van der Waals surface area contributed by atoms with Gasteiger partial charge >= 0.3 is 0 Å². The number of amides is 2. The van der Waals surface area contributed by atoms with E-state index in [1.165, 1.54) is 79.8 Å². The van der Waals surface area contributed by atoms with Gasteiger partial charge in [0.1, 0.15) is 18.4 Å². The van der Waals surface area contributed by atoms with Crippen LogP contribution in [0.4, 0.5) is 10.1 Å². The number of benzene rings is 3. The molecular weight excluding hydrogens is 597 g/mol. The van der Waals surface area contributed by atoms with Gasteiger partial charge in [-0.2, -0.15) is 0 Å². The normalized spacial score (nSPS) is 14.2. The van der Waals surface area contributed by atoms with Crippen LogP contribution < -0.4 is 19.1 Å². The van der Waals surface area contributed by atoms with Gasteiger partial charge in [0.05, 0.1) is 24.8 Å². The number of nitrogens with zero attached hydrogens (tertiary/aromatic N) is 2. The summed E-state index contributed by atoms with van der Waals surface area (Å²) in [5, 5.41) is 3.36. The smallest absolute Gasteiger partial charge is 0.264 e. The molecule has 1 aliphatic carbocycles. The average molecular weight is 632 g/mol. The summed E-state index contributed by atoms with van der Waals surface area (Å²) in [4.78, 5) is 28.4. The summed E-state index contributed by atoms with van der Waals surface area (Å²) in [6.07, 6.45) is 3.68. The Labute approximate surface area is 256 Å². The van der Waals surface area contributed by atoms with Crippen molar-refractivity contribution in [3.8, 4) is 11.5 Å². The lowest BCUT2D eigenvalue weighted by molar-refractivity contribution is -0.139. The van der Waals surface area contributed by atoms with E-state index in [4.69, 9.17) is 21.1 Å². The molecule has 3 aromatic rings. The number of hydrogen-bond acceptors (Lipinski definition) is 6. The van der Waals surface area contributed by atoms with Gasteiger partial charge in [-0.05, 0) is 62.2 Å². The lowest BCUT2D eigenvalue weighted by Crippen LogP contribution is -2.52. The Morgan fingerprint density at radius 1 is 1.00 bits per heavy atom. The van der Waals surface area contributed by atoms with E-state index >= 15 is 0 Å². The van der Waals surface area contributed by atoms with Crippen LogP contribution in [0.15, 0.2) is 71.6 Å². The standard InChI is InChI=1S/C31H35ClFN3O6S/c1-21(31(38)34-24-9-5-6-10-24)35(19-22-8-4-7-11-27(22)33)30(37)20-36(25-14-12-23(32)13-15-25)43(39,40)26-16-17-28(41-2)29(18-26)42-3/h4,7-8,11-18,21,24H,5-6,9-10,19-20H2,1-3H3,(H,34,38)/t21-/m1/s1. The molecule has 0 aliphatic heterocycles. The largest absolute Gasteiger partial charge is 0.493 e. The van der Waals surface area contributed by atoms with Crippen LogP contribution in [0, 0.1) is 5.82 Å². The number of ether oxygens (including phenoxy) is 2. The number of anilines is 1. The van der Waals surface area contributed by atoms with Gasteiger partial charge < -0.3 is 19.7 Å². The van der Waals surface area contributed by atoms with Crippen LogP contribution in [0.3, 0.4) is 0 Å². The van der Waals surface area contributed by atoms with E-state index in [0.29, 0.717) is 10.8 Å². The van der Waals surface area contributed by atoms with Gasteiger partial charge in [0, 0.05) is 29.2 Å². The van der Waals surface area contributed by atoms with Crippen molar-refractivity contribution in [3.05, 3.63) is 83.1 Å². The molecule has 0 saturated heterocycles. The minimum atomic E-state index is -4.37. The fourth-order valence-corrected chi connectivity index (χ4v) is 6.58. The first-order chi connectivity index (χ1) is 20.5. The maximum absolute atomic E-state index is 14.7. The molecule has 230 valence electrons. The minimum absolute atomic E-state index is 0.00337.